The quantitative estimate of drug-likeness (QED) is 0.468. The van der Waals surface area contributed by atoms with Crippen molar-refractivity contribution >= 4 is 11.7 Å². The Morgan fingerprint density at radius 1 is 1.48 bits per heavy atom. The molecule has 1 N–H and O–H groups in total. The van der Waals surface area contributed by atoms with E-state index in [4.69, 9.17) is 4.74 Å². The van der Waals surface area contributed by atoms with Crippen LogP contribution in [-0.2, 0) is 9.53 Å². The van der Waals surface area contributed by atoms with Gasteiger partial charge in [-0.3, -0.25) is 20.2 Å². The van der Waals surface area contributed by atoms with Crippen molar-refractivity contribution in [2.75, 3.05) is 13.7 Å². The van der Waals surface area contributed by atoms with Crippen LogP contribution >= 0.6 is 0 Å². The summed E-state index contributed by atoms with van der Waals surface area (Å²) in [6.07, 6.45) is 0. The van der Waals surface area contributed by atoms with Crippen molar-refractivity contribution in [3.05, 3.63) is 34.1 Å². The van der Waals surface area contributed by atoms with Crippen LogP contribution in [-0.4, -0.2) is 36.7 Å². The highest BCUT2D eigenvalue weighted by atomic mass is 19.1. The van der Waals surface area contributed by atoms with Gasteiger partial charge in [-0.25, -0.2) is 4.39 Å². The van der Waals surface area contributed by atoms with Gasteiger partial charge in [0.05, 0.1) is 18.1 Å². The predicted molar refractivity (Wildman–Crippen MR) is 72.6 cm³/mol. The van der Waals surface area contributed by atoms with E-state index >= 15 is 0 Å². The number of halogens is 1. The maximum Gasteiger partial charge on any atom is 0.326 e. The summed E-state index contributed by atoms with van der Waals surface area (Å²) in [5.74, 6) is -1.40. The number of ether oxygens (including phenoxy) is 2. The minimum absolute atomic E-state index is 0.0131. The van der Waals surface area contributed by atoms with Gasteiger partial charge in [0.15, 0.2) is 5.75 Å². The van der Waals surface area contributed by atoms with E-state index in [1.54, 1.807) is 0 Å². The number of hydrogen-bond acceptors (Lipinski definition) is 6. The Morgan fingerprint density at radius 3 is 2.67 bits per heavy atom. The zero-order valence-electron chi connectivity index (χ0n) is 12.0. The number of nitro benzene ring substituents is 1. The summed E-state index contributed by atoms with van der Waals surface area (Å²) in [7, 11) is 1.23. The van der Waals surface area contributed by atoms with Gasteiger partial charge in [0.2, 0.25) is 0 Å². The smallest absolute Gasteiger partial charge is 0.326 e. The minimum atomic E-state index is -0.778. The van der Waals surface area contributed by atoms with Crippen molar-refractivity contribution in [1.29, 1.82) is 0 Å². The molecule has 0 aliphatic rings. The molecule has 1 rings (SSSR count). The number of nitro groups is 1. The van der Waals surface area contributed by atoms with Gasteiger partial charge in [0.25, 0.3) is 0 Å². The molecule has 1 unspecified atom stereocenters. The lowest BCUT2D eigenvalue weighted by atomic mass is 10.2. The lowest BCUT2D eigenvalue weighted by molar-refractivity contribution is -0.386. The molecule has 21 heavy (non-hydrogen) atoms. The van der Waals surface area contributed by atoms with Crippen molar-refractivity contribution < 1.29 is 23.6 Å². The van der Waals surface area contributed by atoms with Gasteiger partial charge in [-0.15, -0.1) is 0 Å². The molecular formula is C13H17FN2O5. The Labute approximate surface area is 121 Å². The Morgan fingerprint density at radius 2 is 2.14 bits per heavy atom. The molecule has 0 amide bonds. The van der Waals surface area contributed by atoms with E-state index in [0.29, 0.717) is 0 Å². The van der Waals surface area contributed by atoms with Crippen LogP contribution in [0.25, 0.3) is 0 Å². The Hall–Kier alpha value is -2.22. The molecule has 116 valence electrons. The summed E-state index contributed by atoms with van der Waals surface area (Å²) < 4.78 is 22.9. The molecule has 8 heteroatoms. The topological polar surface area (TPSA) is 90.7 Å². The minimum Gasteiger partial charge on any atom is -0.485 e. The van der Waals surface area contributed by atoms with E-state index in [-0.39, 0.29) is 18.4 Å². The van der Waals surface area contributed by atoms with Crippen LogP contribution in [0.4, 0.5) is 10.1 Å². The second-order valence-electron chi connectivity index (χ2n) is 4.58. The van der Waals surface area contributed by atoms with Gasteiger partial charge in [-0.05, 0) is 12.1 Å². The number of nitrogens with one attached hydrogen (secondary N) is 1. The molecule has 0 aromatic heterocycles. The normalized spacial score (nSPS) is 12.0. The highest BCUT2D eigenvalue weighted by molar-refractivity contribution is 5.75. The first-order chi connectivity index (χ1) is 9.85. The average molecular weight is 300 g/mol. The predicted octanol–water partition coefficient (Wildman–Crippen LogP) is 1.65. The summed E-state index contributed by atoms with van der Waals surface area (Å²) in [5.41, 5.74) is -0.497. The maximum absolute atomic E-state index is 13.0. The third-order valence-electron chi connectivity index (χ3n) is 2.54. The van der Waals surface area contributed by atoms with Crippen molar-refractivity contribution in [2.45, 2.75) is 25.9 Å². The van der Waals surface area contributed by atoms with Gasteiger partial charge in [-0.2, -0.15) is 0 Å². The van der Waals surface area contributed by atoms with E-state index in [1.807, 2.05) is 13.8 Å². The summed E-state index contributed by atoms with van der Waals surface area (Å²) >= 11 is 0. The third kappa shape index (κ3) is 4.99. The Balaban J connectivity index is 2.84. The van der Waals surface area contributed by atoms with Gasteiger partial charge in [0.1, 0.15) is 18.5 Å². The molecule has 1 atom stereocenters. The molecule has 0 saturated heterocycles. The highest BCUT2D eigenvalue weighted by Crippen LogP contribution is 2.27. The molecule has 7 nitrogen and oxygen atoms in total. The molecule has 0 fully saturated rings. The number of rotatable bonds is 7. The number of carbonyl (C=O) groups excluding carboxylic acids is 1. The van der Waals surface area contributed by atoms with Crippen LogP contribution in [0.15, 0.2) is 18.2 Å². The van der Waals surface area contributed by atoms with Gasteiger partial charge >= 0.3 is 11.7 Å². The molecule has 0 saturated carbocycles. The lowest BCUT2D eigenvalue weighted by Gasteiger charge is -2.19. The SMILES string of the molecule is COC(=O)C(COc1ccc(F)cc1[N+](=O)[O-])NC(C)C. The second kappa shape index (κ2) is 7.53. The second-order valence-corrected chi connectivity index (χ2v) is 4.58. The molecule has 0 aliphatic carbocycles. The molecule has 0 aliphatic heterocycles. The third-order valence-corrected chi connectivity index (χ3v) is 2.54. The lowest BCUT2D eigenvalue weighted by Crippen LogP contribution is -2.45. The standard InChI is InChI=1S/C13H17FN2O5/c1-8(2)15-10(13(17)20-3)7-21-12-5-4-9(14)6-11(12)16(18)19/h4-6,8,10,15H,7H2,1-3H3. The maximum atomic E-state index is 13.0. The van der Waals surface area contributed by atoms with Crippen molar-refractivity contribution in [2.24, 2.45) is 0 Å². The van der Waals surface area contributed by atoms with E-state index in [1.165, 1.54) is 7.11 Å². The molecule has 0 radical (unpaired) electrons. The fraction of sp³-hybridized carbons (Fsp3) is 0.462. The Bertz CT molecular complexity index is 521. The first-order valence-corrected chi connectivity index (χ1v) is 6.25. The molecule has 1 aromatic carbocycles. The van der Waals surface area contributed by atoms with Gasteiger partial charge < -0.3 is 9.47 Å². The van der Waals surface area contributed by atoms with Crippen LogP contribution in [0.1, 0.15) is 13.8 Å². The summed E-state index contributed by atoms with van der Waals surface area (Å²) in [6, 6.07) is 2.17. The first-order valence-electron chi connectivity index (χ1n) is 6.25. The number of benzene rings is 1. The van der Waals surface area contributed by atoms with Gasteiger partial charge in [-0.1, -0.05) is 13.8 Å². The number of nitrogens with zero attached hydrogens (tertiary/aromatic N) is 1. The van der Waals surface area contributed by atoms with Crippen molar-refractivity contribution in [3.63, 3.8) is 0 Å². The molecular weight excluding hydrogens is 283 g/mol. The van der Waals surface area contributed by atoms with Crippen molar-refractivity contribution in [3.8, 4) is 5.75 Å². The van der Waals surface area contributed by atoms with Crippen LogP contribution in [0.5, 0.6) is 5.75 Å². The summed E-state index contributed by atoms with van der Waals surface area (Å²) in [4.78, 5) is 21.7. The fourth-order valence-electron chi connectivity index (χ4n) is 1.66. The van der Waals surface area contributed by atoms with Crippen LogP contribution in [0.2, 0.25) is 0 Å². The summed E-state index contributed by atoms with van der Waals surface area (Å²) in [5, 5.41) is 13.8. The number of hydrogen-bond donors (Lipinski definition) is 1. The van der Waals surface area contributed by atoms with E-state index in [2.05, 4.69) is 10.1 Å². The van der Waals surface area contributed by atoms with E-state index in [0.717, 1.165) is 18.2 Å². The van der Waals surface area contributed by atoms with Crippen molar-refractivity contribution in [1.82, 2.24) is 5.32 Å². The Kier molecular flexibility index (Phi) is 6.04. The summed E-state index contributed by atoms with van der Waals surface area (Å²) in [6.45, 7) is 3.49. The first kappa shape index (κ1) is 16.8. The molecule has 0 spiro atoms. The van der Waals surface area contributed by atoms with E-state index in [9.17, 15) is 19.3 Å². The molecule has 0 heterocycles. The molecule has 1 aromatic rings. The fourth-order valence-corrected chi connectivity index (χ4v) is 1.66. The van der Waals surface area contributed by atoms with Gasteiger partial charge in [0, 0.05) is 6.04 Å². The van der Waals surface area contributed by atoms with E-state index < -0.39 is 28.4 Å². The zero-order chi connectivity index (χ0) is 16.0. The largest absolute Gasteiger partial charge is 0.485 e. The van der Waals surface area contributed by atoms with Crippen LogP contribution in [0.3, 0.4) is 0 Å². The van der Waals surface area contributed by atoms with Crippen LogP contribution in [0, 0.1) is 15.9 Å². The van der Waals surface area contributed by atoms with Crippen LogP contribution < -0.4 is 10.1 Å². The number of esters is 1. The molecule has 0 bridgehead atoms. The number of carbonyl (C=O) groups is 1. The average Bonchev–Trinajstić information content (AvgIpc) is 2.42. The highest BCUT2D eigenvalue weighted by Gasteiger charge is 2.23. The zero-order valence-corrected chi connectivity index (χ0v) is 12.0. The number of methoxy groups -OCH3 is 1. The monoisotopic (exact) mass is 300 g/mol.